The first-order valence-electron chi connectivity index (χ1n) is 11.3. The molecule has 2 aromatic carbocycles. The number of benzene rings is 2. The lowest BCUT2D eigenvalue weighted by atomic mass is 10.2. The molecule has 0 radical (unpaired) electrons. The van der Waals surface area contributed by atoms with Crippen molar-refractivity contribution in [3.05, 3.63) is 47.7 Å². The number of rotatable bonds is 9. The Balaban J connectivity index is 0.000000255. The van der Waals surface area contributed by atoms with Crippen LogP contribution in [0.25, 0.3) is 22.2 Å². The number of aromatic hydroxyl groups is 2. The van der Waals surface area contributed by atoms with Crippen LogP contribution in [0.15, 0.2) is 39.2 Å². The summed E-state index contributed by atoms with van der Waals surface area (Å²) in [7, 11) is 0. The van der Waals surface area contributed by atoms with Crippen molar-refractivity contribution in [2.45, 2.75) is 47.0 Å². The van der Waals surface area contributed by atoms with Crippen LogP contribution in [0.2, 0.25) is 0 Å². The first kappa shape index (κ1) is 28.8. The average Bonchev–Trinajstić information content (AvgIpc) is 3.45. The third kappa shape index (κ3) is 7.79. The van der Waals surface area contributed by atoms with Crippen LogP contribution in [-0.4, -0.2) is 51.6 Å². The first-order valence-corrected chi connectivity index (χ1v) is 11.3. The van der Waals surface area contributed by atoms with Crippen LogP contribution in [0.1, 0.15) is 56.3 Å². The SMILES string of the molecule is C.CCOC(=O)CCc1nc2c(C=O)c(O)ccc2o1.CCOC(=O)CCc1nc2cc(O)ccc2o1. The van der Waals surface area contributed by atoms with Gasteiger partial charge in [-0.25, -0.2) is 9.97 Å². The highest BCUT2D eigenvalue weighted by molar-refractivity contribution is 5.96. The number of carbonyl (C=O) groups excluding carboxylic acids is 3. The second kappa shape index (κ2) is 13.6. The summed E-state index contributed by atoms with van der Waals surface area (Å²) in [5.41, 5.74) is 1.97. The van der Waals surface area contributed by atoms with E-state index in [9.17, 15) is 24.6 Å². The average molecular weight is 515 g/mol. The van der Waals surface area contributed by atoms with Gasteiger partial charge in [0, 0.05) is 18.9 Å². The zero-order chi connectivity index (χ0) is 26.1. The summed E-state index contributed by atoms with van der Waals surface area (Å²) in [6.45, 7) is 4.20. The summed E-state index contributed by atoms with van der Waals surface area (Å²) in [6.07, 6.45) is 1.60. The summed E-state index contributed by atoms with van der Waals surface area (Å²) in [6, 6.07) is 7.59. The van der Waals surface area contributed by atoms with Crippen LogP contribution in [0.5, 0.6) is 11.5 Å². The van der Waals surface area contributed by atoms with E-state index < -0.39 is 0 Å². The van der Waals surface area contributed by atoms with Crippen molar-refractivity contribution < 1.29 is 42.9 Å². The fraction of sp³-hybridized carbons (Fsp3) is 0.346. The van der Waals surface area contributed by atoms with E-state index in [4.69, 9.17) is 18.3 Å². The van der Waals surface area contributed by atoms with Gasteiger partial charge in [0.25, 0.3) is 0 Å². The first-order chi connectivity index (χ1) is 17.3. The molecule has 0 atom stereocenters. The monoisotopic (exact) mass is 514 g/mol. The highest BCUT2D eigenvalue weighted by atomic mass is 16.5. The van der Waals surface area contributed by atoms with Gasteiger partial charge in [0.05, 0.1) is 31.6 Å². The van der Waals surface area contributed by atoms with Gasteiger partial charge in [0.2, 0.25) is 0 Å². The Morgan fingerprint density at radius 1 is 0.892 bits per heavy atom. The van der Waals surface area contributed by atoms with E-state index in [0.29, 0.717) is 59.9 Å². The molecule has 0 bridgehead atoms. The van der Waals surface area contributed by atoms with Gasteiger partial charge in [-0.15, -0.1) is 0 Å². The Hall–Kier alpha value is -4.41. The number of hydrogen-bond donors (Lipinski definition) is 2. The Labute approximate surface area is 213 Å². The number of phenols is 2. The number of esters is 2. The number of oxazole rings is 2. The van der Waals surface area contributed by atoms with Gasteiger partial charge in [-0.1, -0.05) is 7.43 Å². The molecule has 0 amide bonds. The quantitative estimate of drug-likeness (QED) is 0.239. The summed E-state index contributed by atoms with van der Waals surface area (Å²) in [4.78, 5) is 41.5. The lowest BCUT2D eigenvalue weighted by Crippen LogP contribution is -2.05. The largest absolute Gasteiger partial charge is 0.508 e. The minimum atomic E-state index is -0.330. The van der Waals surface area contributed by atoms with Crippen molar-refractivity contribution in [1.29, 1.82) is 0 Å². The fourth-order valence-corrected chi connectivity index (χ4v) is 3.23. The van der Waals surface area contributed by atoms with E-state index in [1.54, 1.807) is 19.9 Å². The molecule has 0 unspecified atom stereocenters. The molecule has 2 aromatic heterocycles. The summed E-state index contributed by atoms with van der Waals surface area (Å²) in [5, 5.41) is 18.8. The van der Waals surface area contributed by atoms with E-state index in [1.165, 1.54) is 24.3 Å². The molecule has 0 fully saturated rings. The number of nitrogens with zero attached hydrogens (tertiary/aromatic N) is 2. The van der Waals surface area contributed by atoms with Gasteiger partial charge in [-0.05, 0) is 38.1 Å². The molecule has 0 spiro atoms. The zero-order valence-corrected chi connectivity index (χ0v) is 19.9. The molecule has 0 aliphatic carbocycles. The minimum Gasteiger partial charge on any atom is -0.508 e. The number of hydrogen-bond acceptors (Lipinski definition) is 11. The van der Waals surface area contributed by atoms with Gasteiger partial charge >= 0.3 is 11.9 Å². The molecular formula is C26H30N2O9. The second-order valence-corrected chi connectivity index (χ2v) is 7.44. The van der Waals surface area contributed by atoms with Crippen LogP contribution in [0.3, 0.4) is 0 Å². The van der Waals surface area contributed by atoms with Crippen molar-refractivity contribution in [3.63, 3.8) is 0 Å². The number of aryl methyl sites for hydroxylation is 2. The Morgan fingerprint density at radius 2 is 1.46 bits per heavy atom. The number of phenolic OH excluding ortho intramolecular Hbond substituents is 2. The highest BCUT2D eigenvalue weighted by Crippen LogP contribution is 2.26. The third-order valence-electron chi connectivity index (χ3n) is 4.85. The van der Waals surface area contributed by atoms with Crippen molar-refractivity contribution in [2.75, 3.05) is 13.2 Å². The molecule has 11 heteroatoms. The van der Waals surface area contributed by atoms with Gasteiger partial charge in [-0.3, -0.25) is 14.4 Å². The molecule has 198 valence electrons. The van der Waals surface area contributed by atoms with Crippen LogP contribution in [0.4, 0.5) is 0 Å². The van der Waals surface area contributed by atoms with E-state index >= 15 is 0 Å². The molecule has 0 aliphatic heterocycles. The molecular weight excluding hydrogens is 484 g/mol. The molecule has 2 N–H and O–H groups in total. The van der Waals surface area contributed by atoms with Crippen LogP contribution >= 0.6 is 0 Å². The fourth-order valence-electron chi connectivity index (χ4n) is 3.23. The van der Waals surface area contributed by atoms with Crippen LogP contribution in [-0.2, 0) is 31.9 Å². The molecule has 0 aliphatic rings. The van der Waals surface area contributed by atoms with Gasteiger partial charge < -0.3 is 28.5 Å². The zero-order valence-electron chi connectivity index (χ0n) is 19.9. The smallest absolute Gasteiger partial charge is 0.306 e. The number of aldehydes is 1. The predicted octanol–water partition coefficient (Wildman–Crippen LogP) is 4.51. The van der Waals surface area contributed by atoms with E-state index in [0.717, 1.165) is 0 Å². The van der Waals surface area contributed by atoms with E-state index in [2.05, 4.69) is 9.97 Å². The van der Waals surface area contributed by atoms with Gasteiger partial charge in [0.1, 0.15) is 22.5 Å². The summed E-state index contributed by atoms with van der Waals surface area (Å²) < 4.78 is 20.4. The van der Waals surface area contributed by atoms with E-state index in [-0.39, 0.29) is 55.7 Å². The van der Waals surface area contributed by atoms with E-state index in [1.807, 2.05) is 0 Å². The molecule has 2 heterocycles. The van der Waals surface area contributed by atoms with Crippen molar-refractivity contribution in [2.24, 2.45) is 0 Å². The lowest BCUT2D eigenvalue weighted by molar-refractivity contribution is -0.144. The van der Waals surface area contributed by atoms with Gasteiger partial charge in [-0.2, -0.15) is 0 Å². The minimum absolute atomic E-state index is 0. The molecule has 37 heavy (non-hydrogen) atoms. The normalized spacial score (nSPS) is 10.3. The molecule has 0 saturated carbocycles. The number of aromatic nitrogens is 2. The third-order valence-corrected chi connectivity index (χ3v) is 4.85. The molecule has 4 aromatic rings. The van der Waals surface area contributed by atoms with Crippen LogP contribution in [0, 0.1) is 0 Å². The van der Waals surface area contributed by atoms with Crippen molar-refractivity contribution >= 4 is 40.4 Å². The number of carbonyl (C=O) groups is 3. The lowest BCUT2D eigenvalue weighted by Gasteiger charge is -1.98. The summed E-state index contributed by atoms with van der Waals surface area (Å²) in [5.74, 6) is 0.201. The Morgan fingerprint density at radius 3 is 2.05 bits per heavy atom. The highest BCUT2D eigenvalue weighted by Gasteiger charge is 2.14. The maximum absolute atomic E-state index is 11.2. The van der Waals surface area contributed by atoms with Crippen molar-refractivity contribution in [3.8, 4) is 11.5 Å². The number of ether oxygens (including phenoxy) is 2. The van der Waals surface area contributed by atoms with Gasteiger partial charge in [0.15, 0.2) is 29.2 Å². The molecule has 0 saturated heterocycles. The standard InChI is InChI=1S/C13H13NO5.C12H13NO4.CH4/c1-2-18-12(17)6-5-11-14-13-8(7-15)9(16)3-4-10(13)19-11;1-2-16-12(15)6-5-11-13-9-7-8(14)3-4-10(9)17-11;/h3-4,7,16H,2,5-6H2,1H3;3-4,7,14H,2,5-6H2,1H3;1H4. The van der Waals surface area contributed by atoms with Crippen LogP contribution < -0.4 is 0 Å². The Bertz CT molecular complexity index is 1360. The summed E-state index contributed by atoms with van der Waals surface area (Å²) >= 11 is 0. The maximum atomic E-state index is 11.2. The molecule has 4 rings (SSSR count). The van der Waals surface area contributed by atoms with Crippen molar-refractivity contribution in [1.82, 2.24) is 9.97 Å². The topological polar surface area (TPSA) is 162 Å². The predicted molar refractivity (Wildman–Crippen MR) is 133 cm³/mol. The molecule has 11 nitrogen and oxygen atoms in total. The number of fused-ring (bicyclic) bond motifs is 2. The Kier molecular flexibility index (Phi) is 10.6. The second-order valence-electron chi connectivity index (χ2n) is 7.44. The maximum Gasteiger partial charge on any atom is 0.306 e.